The second kappa shape index (κ2) is 15.1. The van der Waals surface area contributed by atoms with E-state index in [-0.39, 0.29) is 18.3 Å². The number of ether oxygens (including phenoxy) is 3. The Kier molecular flexibility index (Phi) is 10.5. The van der Waals surface area contributed by atoms with E-state index in [1.54, 1.807) is 29.2 Å². The Balaban J connectivity index is 1.23. The first-order valence-corrected chi connectivity index (χ1v) is 16.5. The lowest BCUT2D eigenvalue weighted by Gasteiger charge is -2.26. The molecule has 9 nitrogen and oxygen atoms in total. The molecular formula is C36H34N2O7S2. The number of nitrogens with zero attached hydrogens (tertiary/aromatic N) is 2. The van der Waals surface area contributed by atoms with Crippen LogP contribution in [0.4, 0.5) is 0 Å². The zero-order valence-electron chi connectivity index (χ0n) is 25.6. The van der Waals surface area contributed by atoms with Crippen LogP contribution in [0.2, 0.25) is 0 Å². The highest BCUT2D eigenvalue weighted by atomic mass is 32.2. The number of aliphatic hydroxyl groups excluding tert-OH is 1. The van der Waals surface area contributed by atoms with Gasteiger partial charge in [0.25, 0.3) is 5.91 Å². The lowest BCUT2D eigenvalue weighted by molar-refractivity contribution is -0.122. The van der Waals surface area contributed by atoms with Crippen LogP contribution in [-0.4, -0.2) is 89.0 Å². The Bertz CT molecular complexity index is 1820. The van der Waals surface area contributed by atoms with Crippen molar-refractivity contribution in [2.24, 2.45) is 0 Å². The number of hydrogen-bond donors (Lipinski definition) is 2. The van der Waals surface area contributed by atoms with Crippen molar-refractivity contribution in [2.75, 3.05) is 52.8 Å². The van der Waals surface area contributed by atoms with Crippen LogP contribution in [0.15, 0.2) is 83.8 Å². The molecule has 2 aliphatic heterocycles. The summed E-state index contributed by atoms with van der Waals surface area (Å²) < 4.78 is 17.6. The lowest BCUT2D eigenvalue weighted by Crippen LogP contribution is -2.38. The fourth-order valence-electron chi connectivity index (χ4n) is 5.55. The van der Waals surface area contributed by atoms with Crippen molar-refractivity contribution in [1.82, 2.24) is 9.80 Å². The van der Waals surface area contributed by atoms with E-state index in [1.165, 1.54) is 11.8 Å². The molecule has 242 valence electrons. The second-order valence-corrected chi connectivity index (χ2v) is 12.8. The summed E-state index contributed by atoms with van der Waals surface area (Å²) in [6.07, 6.45) is 2.41. The van der Waals surface area contributed by atoms with Crippen molar-refractivity contribution in [2.45, 2.75) is 6.42 Å². The zero-order chi connectivity index (χ0) is 32.8. The normalized spacial score (nSPS) is 16.3. The summed E-state index contributed by atoms with van der Waals surface area (Å²) in [7, 11) is 0. The Labute approximate surface area is 282 Å². The molecule has 4 aromatic carbocycles. The summed E-state index contributed by atoms with van der Waals surface area (Å²) in [5.74, 6) is 0.214. The van der Waals surface area contributed by atoms with E-state index in [2.05, 4.69) is 11.0 Å². The summed E-state index contributed by atoms with van der Waals surface area (Å²) in [5, 5.41) is 20.3. The molecular weight excluding hydrogens is 637 g/mol. The number of carbonyl (C=O) groups is 2. The van der Waals surface area contributed by atoms with E-state index in [4.69, 9.17) is 36.6 Å². The summed E-state index contributed by atoms with van der Waals surface area (Å²) in [5.41, 5.74) is 3.86. The van der Waals surface area contributed by atoms with Gasteiger partial charge in [0.2, 0.25) is 0 Å². The predicted octanol–water partition coefficient (Wildman–Crippen LogP) is 5.69. The standard InChI is InChI=1S/C36H34N2O7S2/c39-23-45-30-9-8-27-21-29(7-6-28(27)22-30)31-19-25(3-10-32(31)44-18-15-37-13-16-43-17-14-37)20-33-34(40)38(36(46)47-33)12-11-24-1-4-26(5-2-24)35(41)42/h1-10,19-22,39H,11-18,23H2,(H,41,42). The van der Waals surface area contributed by atoms with Gasteiger partial charge >= 0.3 is 5.97 Å². The van der Waals surface area contributed by atoms with Crippen LogP contribution in [0, 0.1) is 0 Å². The number of morpholine rings is 1. The monoisotopic (exact) mass is 670 g/mol. The van der Waals surface area contributed by atoms with Gasteiger partial charge in [-0.1, -0.05) is 60.4 Å². The average molecular weight is 671 g/mol. The molecule has 2 N–H and O–H groups in total. The van der Waals surface area contributed by atoms with Gasteiger partial charge in [-0.3, -0.25) is 14.6 Å². The third-order valence-corrected chi connectivity index (χ3v) is 9.50. The Morgan fingerprint density at radius 3 is 2.47 bits per heavy atom. The summed E-state index contributed by atoms with van der Waals surface area (Å²) in [4.78, 5) is 29.0. The lowest BCUT2D eigenvalue weighted by atomic mass is 9.98. The molecule has 11 heteroatoms. The Morgan fingerprint density at radius 2 is 1.70 bits per heavy atom. The number of carbonyl (C=O) groups excluding carboxylic acids is 1. The summed E-state index contributed by atoms with van der Waals surface area (Å²) in [6, 6.07) is 24.4. The number of amides is 1. The molecule has 0 aliphatic carbocycles. The van der Waals surface area contributed by atoms with Crippen LogP contribution in [0.5, 0.6) is 11.5 Å². The molecule has 0 unspecified atom stereocenters. The van der Waals surface area contributed by atoms with E-state index in [0.717, 1.165) is 71.6 Å². The van der Waals surface area contributed by atoms with Crippen molar-refractivity contribution in [1.29, 1.82) is 0 Å². The SMILES string of the molecule is O=C(O)c1ccc(CCN2C(=O)C(=Cc3ccc(OCCN4CCOCC4)c(-c4ccc5cc(OCO)ccc5c4)c3)SC2=S)cc1. The van der Waals surface area contributed by atoms with E-state index >= 15 is 0 Å². The molecule has 0 bridgehead atoms. The molecule has 1 amide bonds. The maximum atomic E-state index is 13.4. The van der Waals surface area contributed by atoms with Gasteiger partial charge in [-0.15, -0.1) is 0 Å². The van der Waals surface area contributed by atoms with Crippen LogP contribution in [0.3, 0.4) is 0 Å². The van der Waals surface area contributed by atoms with E-state index in [1.807, 2.05) is 54.6 Å². The topological polar surface area (TPSA) is 109 Å². The number of rotatable bonds is 12. The first-order valence-electron chi connectivity index (χ1n) is 15.3. The number of benzene rings is 4. The molecule has 0 atom stereocenters. The van der Waals surface area contributed by atoms with E-state index in [9.17, 15) is 9.59 Å². The van der Waals surface area contributed by atoms with Crippen LogP contribution in [0.25, 0.3) is 28.0 Å². The van der Waals surface area contributed by atoms with Crippen molar-refractivity contribution in [3.05, 3.63) is 100 Å². The Morgan fingerprint density at radius 1 is 0.936 bits per heavy atom. The van der Waals surface area contributed by atoms with Gasteiger partial charge in [0.05, 0.1) is 23.7 Å². The third kappa shape index (κ3) is 8.01. The highest BCUT2D eigenvalue weighted by molar-refractivity contribution is 8.26. The number of carboxylic acid groups (broad SMARTS) is 1. The maximum Gasteiger partial charge on any atom is 0.335 e. The smallest absolute Gasteiger partial charge is 0.335 e. The molecule has 0 aromatic heterocycles. The van der Waals surface area contributed by atoms with Gasteiger partial charge in [-0.2, -0.15) is 0 Å². The van der Waals surface area contributed by atoms with Gasteiger partial charge < -0.3 is 24.4 Å². The van der Waals surface area contributed by atoms with Crippen molar-refractivity contribution < 1.29 is 34.0 Å². The van der Waals surface area contributed by atoms with Crippen molar-refractivity contribution in [3.8, 4) is 22.6 Å². The first-order chi connectivity index (χ1) is 22.9. The van der Waals surface area contributed by atoms with Crippen molar-refractivity contribution in [3.63, 3.8) is 0 Å². The fourth-order valence-corrected chi connectivity index (χ4v) is 6.86. The fraction of sp³-hybridized carbons (Fsp3) is 0.250. The number of thiocarbonyl (C=S) groups is 1. The average Bonchev–Trinajstić information content (AvgIpc) is 3.35. The van der Waals surface area contributed by atoms with Gasteiger partial charge in [-0.25, -0.2) is 4.79 Å². The quantitative estimate of drug-likeness (QED) is 0.111. The number of aromatic carboxylic acids is 1. The first kappa shape index (κ1) is 32.7. The highest BCUT2D eigenvalue weighted by Gasteiger charge is 2.31. The minimum atomic E-state index is -0.974. The molecule has 0 radical (unpaired) electrons. The summed E-state index contributed by atoms with van der Waals surface area (Å²) >= 11 is 6.85. The molecule has 4 aromatic rings. The number of hydrogen-bond acceptors (Lipinski definition) is 9. The molecule has 0 saturated carbocycles. The van der Waals surface area contributed by atoms with Crippen LogP contribution >= 0.6 is 24.0 Å². The van der Waals surface area contributed by atoms with E-state index < -0.39 is 5.97 Å². The maximum absolute atomic E-state index is 13.4. The van der Waals surface area contributed by atoms with Crippen LogP contribution in [0.1, 0.15) is 21.5 Å². The number of aliphatic hydroxyl groups is 1. The third-order valence-electron chi connectivity index (χ3n) is 8.12. The molecule has 2 fully saturated rings. The Hall–Kier alpha value is -4.26. The molecule has 2 heterocycles. The predicted molar refractivity (Wildman–Crippen MR) is 187 cm³/mol. The zero-order valence-corrected chi connectivity index (χ0v) is 27.2. The number of carboxylic acids is 1. The molecule has 2 aliphatic rings. The number of thioether (sulfide) groups is 1. The second-order valence-electron chi connectivity index (χ2n) is 11.1. The van der Waals surface area contributed by atoms with Crippen molar-refractivity contribution >= 4 is 57.0 Å². The molecule has 47 heavy (non-hydrogen) atoms. The van der Waals surface area contributed by atoms with Crippen LogP contribution in [-0.2, 0) is 16.0 Å². The minimum absolute atomic E-state index is 0.152. The molecule has 0 spiro atoms. The molecule has 2 saturated heterocycles. The minimum Gasteiger partial charge on any atom is -0.492 e. The van der Waals surface area contributed by atoms with Gasteiger partial charge in [0.1, 0.15) is 22.4 Å². The highest BCUT2D eigenvalue weighted by Crippen LogP contribution is 2.37. The number of fused-ring (bicyclic) bond motifs is 1. The molecule has 6 rings (SSSR count). The van der Waals surface area contributed by atoms with E-state index in [0.29, 0.717) is 34.5 Å². The van der Waals surface area contributed by atoms with Gasteiger partial charge in [-0.05, 0) is 82.4 Å². The summed E-state index contributed by atoms with van der Waals surface area (Å²) in [6.45, 7) is 4.57. The van der Waals surface area contributed by atoms with Gasteiger partial charge in [0.15, 0.2) is 6.79 Å². The largest absolute Gasteiger partial charge is 0.492 e. The van der Waals surface area contributed by atoms with Crippen LogP contribution < -0.4 is 9.47 Å². The van der Waals surface area contributed by atoms with Gasteiger partial charge in [0, 0.05) is 31.7 Å².